The first-order valence-corrected chi connectivity index (χ1v) is 6.74. The molecule has 3 rings (SSSR count). The number of primary amides is 1. The molecule has 1 aliphatic rings. The zero-order valence-corrected chi connectivity index (χ0v) is 11.4. The van der Waals surface area contributed by atoms with Crippen LogP contribution in [0.4, 0.5) is 11.5 Å². The van der Waals surface area contributed by atoms with Crippen molar-refractivity contribution in [2.75, 3.05) is 18.5 Å². The third-order valence-electron chi connectivity index (χ3n) is 3.36. The standard InChI is InChI=1S/C13H16N6O2/c14-12(20)11-13(16-4-3-15-11)18-9-7-17-19(8-9)10-1-5-21-6-2-10/h3-4,7-8,10H,1-2,5-6H2,(H2,14,20)(H,16,18). The second-order valence-corrected chi connectivity index (χ2v) is 4.80. The lowest BCUT2D eigenvalue weighted by atomic mass is 10.1. The Balaban J connectivity index is 1.77. The van der Waals surface area contributed by atoms with Crippen LogP contribution >= 0.6 is 0 Å². The molecule has 0 aromatic carbocycles. The fourth-order valence-electron chi connectivity index (χ4n) is 2.30. The normalized spacial score (nSPS) is 15.8. The van der Waals surface area contributed by atoms with Crippen LogP contribution in [0, 0.1) is 0 Å². The maximum atomic E-state index is 11.3. The quantitative estimate of drug-likeness (QED) is 0.864. The van der Waals surface area contributed by atoms with Gasteiger partial charge in [-0.2, -0.15) is 5.10 Å². The van der Waals surface area contributed by atoms with E-state index in [2.05, 4.69) is 20.4 Å². The number of carbonyl (C=O) groups excluding carboxylic acids is 1. The summed E-state index contributed by atoms with van der Waals surface area (Å²) in [5.41, 5.74) is 6.12. The average molecular weight is 288 g/mol. The van der Waals surface area contributed by atoms with E-state index in [4.69, 9.17) is 10.5 Å². The number of rotatable bonds is 4. The predicted octanol–water partition coefficient (Wildman–Crippen LogP) is 0.867. The van der Waals surface area contributed by atoms with Crippen molar-refractivity contribution in [2.45, 2.75) is 18.9 Å². The highest BCUT2D eigenvalue weighted by Gasteiger charge is 2.17. The number of anilines is 2. The van der Waals surface area contributed by atoms with E-state index in [1.165, 1.54) is 12.4 Å². The Hall–Kier alpha value is -2.48. The summed E-state index contributed by atoms with van der Waals surface area (Å²) in [7, 11) is 0. The van der Waals surface area contributed by atoms with Gasteiger partial charge in [0.25, 0.3) is 5.91 Å². The van der Waals surface area contributed by atoms with E-state index in [0.717, 1.165) is 31.7 Å². The fourth-order valence-corrected chi connectivity index (χ4v) is 2.30. The molecule has 1 amide bonds. The summed E-state index contributed by atoms with van der Waals surface area (Å²) in [6, 6.07) is 0.340. The summed E-state index contributed by atoms with van der Waals surface area (Å²) >= 11 is 0. The highest BCUT2D eigenvalue weighted by molar-refractivity contribution is 5.96. The Morgan fingerprint density at radius 2 is 2.10 bits per heavy atom. The maximum Gasteiger partial charge on any atom is 0.271 e. The third kappa shape index (κ3) is 3.00. The molecule has 1 saturated heterocycles. The number of nitrogens with zero attached hydrogens (tertiary/aromatic N) is 4. The van der Waals surface area contributed by atoms with Crippen LogP contribution in [0.3, 0.4) is 0 Å². The lowest BCUT2D eigenvalue weighted by Crippen LogP contribution is -2.19. The van der Waals surface area contributed by atoms with Gasteiger partial charge in [0.15, 0.2) is 11.5 Å². The molecule has 3 heterocycles. The monoisotopic (exact) mass is 288 g/mol. The topological polar surface area (TPSA) is 108 Å². The molecule has 21 heavy (non-hydrogen) atoms. The van der Waals surface area contributed by atoms with E-state index < -0.39 is 5.91 Å². The molecule has 0 saturated carbocycles. The van der Waals surface area contributed by atoms with Crippen molar-refractivity contribution in [3.05, 3.63) is 30.5 Å². The van der Waals surface area contributed by atoms with Crippen LogP contribution in [0.2, 0.25) is 0 Å². The Morgan fingerprint density at radius 3 is 2.86 bits per heavy atom. The molecular weight excluding hydrogens is 272 g/mol. The molecule has 0 bridgehead atoms. The lowest BCUT2D eigenvalue weighted by Gasteiger charge is -2.22. The zero-order valence-electron chi connectivity index (χ0n) is 11.4. The molecule has 1 fully saturated rings. The minimum absolute atomic E-state index is 0.108. The minimum atomic E-state index is -0.623. The van der Waals surface area contributed by atoms with Crippen molar-refractivity contribution in [3.8, 4) is 0 Å². The van der Waals surface area contributed by atoms with Crippen LogP contribution in [0.1, 0.15) is 29.4 Å². The van der Waals surface area contributed by atoms with Crippen LogP contribution in [0.25, 0.3) is 0 Å². The van der Waals surface area contributed by atoms with Crippen molar-refractivity contribution < 1.29 is 9.53 Å². The van der Waals surface area contributed by atoms with Gasteiger partial charge in [-0.25, -0.2) is 9.97 Å². The Bertz CT molecular complexity index is 635. The number of ether oxygens (including phenoxy) is 1. The van der Waals surface area contributed by atoms with Gasteiger partial charge in [0.2, 0.25) is 0 Å². The van der Waals surface area contributed by atoms with E-state index in [0.29, 0.717) is 11.9 Å². The molecular formula is C13H16N6O2. The molecule has 0 unspecified atom stereocenters. The van der Waals surface area contributed by atoms with Crippen LogP contribution in [0.15, 0.2) is 24.8 Å². The summed E-state index contributed by atoms with van der Waals surface area (Å²) < 4.78 is 7.25. The number of nitrogens with two attached hydrogens (primary N) is 1. The van der Waals surface area contributed by atoms with E-state index in [1.54, 1.807) is 6.20 Å². The first kappa shape index (κ1) is 13.5. The first-order valence-electron chi connectivity index (χ1n) is 6.74. The molecule has 8 heteroatoms. The zero-order chi connectivity index (χ0) is 14.7. The second-order valence-electron chi connectivity index (χ2n) is 4.80. The van der Waals surface area contributed by atoms with Crippen LogP contribution in [-0.2, 0) is 4.74 Å². The van der Waals surface area contributed by atoms with Gasteiger partial charge in [-0.15, -0.1) is 0 Å². The van der Waals surface area contributed by atoms with Crippen LogP contribution in [0.5, 0.6) is 0 Å². The number of hydrogen-bond donors (Lipinski definition) is 2. The molecule has 0 atom stereocenters. The molecule has 3 N–H and O–H groups in total. The number of nitrogens with one attached hydrogen (secondary N) is 1. The highest BCUT2D eigenvalue weighted by atomic mass is 16.5. The Kier molecular flexibility index (Phi) is 3.78. The van der Waals surface area contributed by atoms with Gasteiger partial charge in [0, 0.05) is 31.8 Å². The smallest absolute Gasteiger partial charge is 0.271 e. The fraction of sp³-hybridized carbons (Fsp3) is 0.385. The minimum Gasteiger partial charge on any atom is -0.381 e. The number of carbonyl (C=O) groups is 1. The number of aromatic nitrogens is 4. The second kappa shape index (κ2) is 5.88. The van der Waals surface area contributed by atoms with E-state index >= 15 is 0 Å². The number of hydrogen-bond acceptors (Lipinski definition) is 6. The van der Waals surface area contributed by atoms with Crippen molar-refractivity contribution in [3.63, 3.8) is 0 Å². The van der Waals surface area contributed by atoms with Gasteiger partial charge in [0.1, 0.15) is 0 Å². The molecule has 110 valence electrons. The summed E-state index contributed by atoms with van der Waals surface area (Å²) in [6.45, 7) is 1.51. The van der Waals surface area contributed by atoms with Crippen molar-refractivity contribution >= 4 is 17.4 Å². The van der Waals surface area contributed by atoms with Gasteiger partial charge < -0.3 is 15.8 Å². The van der Waals surface area contributed by atoms with E-state index in [1.807, 2.05) is 10.9 Å². The molecule has 8 nitrogen and oxygen atoms in total. The Morgan fingerprint density at radius 1 is 1.33 bits per heavy atom. The maximum absolute atomic E-state index is 11.3. The predicted molar refractivity (Wildman–Crippen MR) is 75.1 cm³/mol. The summed E-state index contributed by atoms with van der Waals surface area (Å²) in [6.07, 6.45) is 8.39. The largest absolute Gasteiger partial charge is 0.381 e. The highest BCUT2D eigenvalue weighted by Crippen LogP contribution is 2.23. The molecule has 0 spiro atoms. The van der Waals surface area contributed by atoms with Crippen LogP contribution in [-0.4, -0.2) is 38.9 Å². The SMILES string of the molecule is NC(=O)c1nccnc1Nc1cnn(C2CCOCC2)c1. The molecule has 1 aliphatic heterocycles. The van der Waals surface area contributed by atoms with Gasteiger partial charge in [0.05, 0.1) is 17.9 Å². The van der Waals surface area contributed by atoms with Crippen molar-refractivity contribution in [1.82, 2.24) is 19.7 Å². The van der Waals surface area contributed by atoms with Gasteiger partial charge >= 0.3 is 0 Å². The van der Waals surface area contributed by atoms with E-state index in [-0.39, 0.29) is 5.69 Å². The summed E-state index contributed by atoms with van der Waals surface area (Å²) in [5.74, 6) is -0.293. The first-order chi connectivity index (χ1) is 10.2. The third-order valence-corrected chi connectivity index (χ3v) is 3.36. The van der Waals surface area contributed by atoms with Crippen molar-refractivity contribution in [2.24, 2.45) is 5.73 Å². The molecule has 2 aromatic rings. The summed E-state index contributed by atoms with van der Waals surface area (Å²) in [4.78, 5) is 19.3. The van der Waals surface area contributed by atoms with Gasteiger partial charge in [-0.1, -0.05) is 0 Å². The van der Waals surface area contributed by atoms with Crippen molar-refractivity contribution in [1.29, 1.82) is 0 Å². The van der Waals surface area contributed by atoms with E-state index in [9.17, 15) is 4.79 Å². The van der Waals surface area contributed by atoms with Gasteiger partial charge in [-0.05, 0) is 12.8 Å². The molecule has 2 aromatic heterocycles. The Labute approximate surface area is 121 Å². The van der Waals surface area contributed by atoms with Gasteiger partial charge in [-0.3, -0.25) is 9.48 Å². The average Bonchev–Trinajstić information content (AvgIpc) is 2.97. The molecule has 0 radical (unpaired) electrons. The number of amides is 1. The molecule has 0 aliphatic carbocycles. The summed E-state index contributed by atoms with van der Waals surface area (Å²) in [5, 5.41) is 7.37. The van der Waals surface area contributed by atoms with Crippen LogP contribution < -0.4 is 11.1 Å². The lowest BCUT2D eigenvalue weighted by molar-refractivity contribution is 0.0662.